The van der Waals surface area contributed by atoms with Crippen molar-refractivity contribution in [1.29, 1.82) is 0 Å². The van der Waals surface area contributed by atoms with E-state index in [1.165, 1.54) is 4.68 Å². The Morgan fingerprint density at radius 3 is 2.67 bits per heavy atom. The number of rotatable bonds is 7. The number of nitrogens with zero attached hydrogens (tertiary/aromatic N) is 2. The number of nitrogen functional groups attached to an aromatic ring is 1. The lowest BCUT2D eigenvalue weighted by atomic mass is 10.1. The average Bonchev–Trinajstić information content (AvgIpc) is 2.82. The smallest absolute Gasteiger partial charge is 0.156 e. The summed E-state index contributed by atoms with van der Waals surface area (Å²) in [4.78, 5) is 11.2. The van der Waals surface area contributed by atoms with Crippen LogP contribution in [-0.2, 0) is 6.54 Å². The van der Waals surface area contributed by atoms with Crippen LogP contribution in [-0.4, -0.2) is 34.4 Å². The van der Waals surface area contributed by atoms with Gasteiger partial charge in [0.05, 0.1) is 25.3 Å². The SMILES string of the molecule is CCCOc1ccc(-c2nn(CCO)c(N)c2C=O)cc1. The van der Waals surface area contributed by atoms with E-state index in [2.05, 4.69) is 5.10 Å². The molecule has 0 aliphatic carbocycles. The van der Waals surface area contributed by atoms with Crippen LogP contribution in [0.1, 0.15) is 23.7 Å². The molecule has 0 saturated carbocycles. The van der Waals surface area contributed by atoms with Gasteiger partial charge in [0.1, 0.15) is 17.3 Å². The van der Waals surface area contributed by atoms with E-state index in [0.29, 0.717) is 24.2 Å². The molecule has 0 aliphatic heterocycles. The first kappa shape index (κ1) is 15.1. The van der Waals surface area contributed by atoms with Gasteiger partial charge in [-0.15, -0.1) is 0 Å². The molecule has 0 aliphatic rings. The van der Waals surface area contributed by atoms with E-state index in [1.807, 2.05) is 31.2 Å². The Labute approximate surface area is 123 Å². The molecule has 0 saturated heterocycles. The summed E-state index contributed by atoms with van der Waals surface area (Å²) in [5.74, 6) is 1.04. The molecule has 0 unspecified atom stereocenters. The van der Waals surface area contributed by atoms with E-state index in [0.717, 1.165) is 17.7 Å². The molecule has 6 heteroatoms. The molecule has 1 aromatic heterocycles. The van der Waals surface area contributed by atoms with Gasteiger partial charge in [-0.3, -0.25) is 4.79 Å². The van der Waals surface area contributed by atoms with E-state index in [9.17, 15) is 4.79 Å². The highest BCUT2D eigenvalue weighted by Crippen LogP contribution is 2.27. The lowest BCUT2D eigenvalue weighted by molar-refractivity contribution is 0.112. The minimum absolute atomic E-state index is 0.0899. The third kappa shape index (κ3) is 3.22. The number of hydrogen-bond donors (Lipinski definition) is 2. The summed E-state index contributed by atoms with van der Waals surface area (Å²) in [5, 5.41) is 13.3. The van der Waals surface area contributed by atoms with Crippen molar-refractivity contribution < 1.29 is 14.6 Å². The van der Waals surface area contributed by atoms with Crippen molar-refractivity contribution in [2.75, 3.05) is 18.9 Å². The molecule has 1 heterocycles. The van der Waals surface area contributed by atoms with Crippen molar-refractivity contribution in [3.8, 4) is 17.0 Å². The van der Waals surface area contributed by atoms with Crippen LogP contribution in [0.3, 0.4) is 0 Å². The Morgan fingerprint density at radius 1 is 1.38 bits per heavy atom. The molecule has 0 bridgehead atoms. The molecular formula is C15H19N3O3. The van der Waals surface area contributed by atoms with Gasteiger partial charge in [-0.2, -0.15) is 5.10 Å². The highest BCUT2D eigenvalue weighted by Gasteiger charge is 2.16. The molecule has 2 rings (SSSR count). The molecule has 3 N–H and O–H groups in total. The molecule has 0 radical (unpaired) electrons. The molecule has 0 spiro atoms. The number of benzene rings is 1. The first-order valence-electron chi connectivity index (χ1n) is 6.86. The van der Waals surface area contributed by atoms with Crippen molar-refractivity contribution >= 4 is 12.1 Å². The van der Waals surface area contributed by atoms with Gasteiger partial charge in [-0.25, -0.2) is 4.68 Å². The second-order valence-corrected chi connectivity index (χ2v) is 4.58. The third-order valence-electron chi connectivity index (χ3n) is 3.06. The predicted molar refractivity (Wildman–Crippen MR) is 80.3 cm³/mol. The van der Waals surface area contributed by atoms with Gasteiger partial charge in [-0.1, -0.05) is 6.92 Å². The second-order valence-electron chi connectivity index (χ2n) is 4.58. The van der Waals surface area contributed by atoms with Crippen LogP contribution in [0.5, 0.6) is 5.75 Å². The molecule has 1 aromatic carbocycles. The quantitative estimate of drug-likeness (QED) is 0.757. The fourth-order valence-electron chi connectivity index (χ4n) is 2.01. The van der Waals surface area contributed by atoms with E-state index in [-0.39, 0.29) is 19.0 Å². The van der Waals surface area contributed by atoms with Crippen LogP contribution < -0.4 is 10.5 Å². The standard InChI is InChI=1S/C15H19N3O3/c1-2-9-21-12-5-3-11(4-6-12)14-13(10-20)15(16)18(17-14)7-8-19/h3-6,10,19H,2,7-9,16H2,1H3. The van der Waals surface area contributed by atoms with Gasteiger partial charge in [-0.05, 0) is 30.7 Å². The van der Waals surface area contributed by atoms with Crippen molar-refractivity contribution in [3.63, 3.8) is 0 Å². The molecule has 2 aromatic rings. The van der Waals surface area contributed by atoms with Crippen LogP contribution in [0, 0.1) is 0 Å². The van der Waals surface area contributed by atoms with Crippen molar-refractivity contribution in [2.24, 2.45) is 0 Å². The summed E-state index contributed by atoms with van der Waals surface area (Å²) < 4.78 is 6.95. The zero-order chi connectivity index (χ0) is 15.2. The van der Waals surface area contributed by atoms with E-state index < -0.39 is 0 Å². The van der Waals surface area contributed by atoms with Crippen molar-refractivity contribution in [2.45, 2.75) is 19.9 Å². The number of nitrogens with two attached hydrogens (primary N) is 1. The second kappa shape index (κ2) is 6.90. The lowest BCUT2D eigenvalue weighted by Gasteiger charge is -2.05. The van der Waals surface area contributed by atoms with Crippen molar-refractivity contribution in [3.05, 3.63) is 29.8 Å². The highest BCUT2D eigenvalue weighted by atomic mass is 16.5. The van der Waals surface area contributed by atoms with Crippen LogP contribution in [0.4, 0.5) is 5.82 Å². The molecule has 0 atom stereocenters. The molecule has 0 fully saturated rings. The topological polar surface area (TPSA) is 90.4 Å². The Hall–Kier alpha value is -2.34. The van der Waals surface area contributed by atoms with Crippen LogP contribution in [0.25, 0.3) is 11.3 Å². The highest BCUT2D eigenvalue weighted by molar-refractivity contribution is 5.91. The zero-order valence-electron chi connectivity index (χ0n) is 12.0. The number of aliphatic hydroxyl groups is 1. The monoisotopic (exact) mass is 289 g/mol. The molecule has 6 nitrogen and oxygen atoms in total. The largest absolute Gasteiger partial charge is 0.494 e. The molecule has 0 amide bonds. The first-order valence-corrected chi connectivity index (χ1v) is 6.86. The minimum atomic E-state index is -0.0899. The maximum absolute atomic E-state index is 11.2. The Kier molecular flexibility index (Phi) is 4.94. The summed E-state index contributed by atoms with van der Waals surface area (Å²) >= 11 is 0. The lowest BCUT2D eigenvalue weighted by Crippen LogP contribution is -2.08. The first-order chi connectivity index (χ1) is 10.2. The molecular weight excluding hydrogens is 270 g/mol. The maximum Gasteiger partial charge on any atom is 0.156 e. The van der Waals surface area contributed by atoms with E-state index >= 15 is 0 Å². The van der Waals surface area contributed by atoms with Crippen LogP contribution >= 0.6 is 0 Å². The fourth-order valence-corrected chi connectivity index (χ4v) is 2.01. The predicted octanol–water partition coefficient (Wildman–Crippen LogP) is 1.73. The third-order valence-corrected chi connectivity index (χ3v) is 3.06. The number of ether oxygens (including phenoxy) is 1. The summed E-state index contributed by atoms with van der Waals surface area (Å²) in [7, 11) is 0. The number of anilines is 1. The molecule has 21 heavy (non-hydrogen) atoms. The van der Waals surface area contributed by atoms with E-state index in [4.69, 9.17) is 15.6 Å². The maximum atomic E-state index is 11.2. The minimum Gasteiger partial charge on any atom is -0.494 e. The Balaban J connectivity index is 2.32. The summed E-state index contributed by atoms with van der Waals surface area (Å²) in [5.41, 5.74) is 7.50. The Bertz CT molecular complexity index is 605. The van der Waals surface area contributed by atoms with Crippen LogP contribution in [0.2, 0.25) is 0 Å². The number of aldehydes is 1. The van der Waals surface area contributed by atoms with Gasteiger partial charge in [0.15, 0.2) is 6.29 Å². The summed E-state index contributed by atoms with van der Waals surface area (Å²) in [6.07, 6.45) is 1.63. The number of hydrogen-bond acceptors (Lipinski definition) is 5. The van der Waals surface area contributed by atoms with Gasteiger partial charge in [0, 0.05) is 5.56 Å². The fraction of sp³-hybridized carbons (Fsp3) is 0.333. The van der Waals surface area contributed by atoms with E-state index in [1.54, 1.807) is 0 Å². The van der Waals surface area contributed by atoms with Gasteiger partial charge in [0.25, 0.3) is 0 Å². The number of carbonyl (C=O) groups excluding carboxylic acids is 1. The van der Waals surface area contributed by atoms with Crippen LogP contribution in [0.15, 0.2) is 24.3 Å². The number of aliphatic hydroxyl groups excluding tert-OH is 1. The number of aromatic nitrogens is 2. The summed E-state index contributed by atoms with van der Waals surface area (Å²) in [6, 6.07) is 7.34. The van der Waals surface area contributed by atoms with Gasteiger partial charge in [0.2, 0.25) is 0 Å². The number of carbonyl (C=O) groups is 1. The van der Waals surface area contributed by atoms with Gasteiger partial charge < -0.3 is 15.6 Å². The molecule has 112 valence electrons. The average molecular weight is 289 g/mol. The normalized spacial score (nSPS) is 10.6. The van der Waals surface area contributed by atoms with Crippen molar-refractivity contribution in [1.82, 2.24) is 9.78 Å². The Morgan fingerprint density at radius 2 is 2.10 bits per heavy atom. The van der Waals surface area contributed by atoms with Gasteiger partial charge >= 0.3 is 0 Å². The zero-order valence-corrected chi connectivity index (χ0v) is 12.0. The summed E-state index contributed by atoms with van der Waals surface area (Å²) in [6.45, 7) is 2.87.